The van der Waals surface area contributed by atoms with Gasteiger partial charge in [0.25, 0.3) is 5.91 Å². The van der Waals surface area contributed by atoms with E-state index in [4.69, 9.17) is 0 Å². The minimum Gasteiger partial charge on any atom is -0.355 e. The Labute approximate surface area is 84.9 Å². The summed E-state index contributed by atoms with van der Waals surface area (Å²) in [7, 11) is 0. The van der Waals surface area contributed by atoms with Crippen molar-refractivity contribution in [2.75, 3.05) is 6.54 Å². The van der Waals surface area contributed by atoms with Crippen molar-refractivity contribution in [1.29, 1.82) is 0 Å². The van der Waals surface area contributed by atoms with Crippen LogP contribution < -0.4 is 5.32 Å². The average Bonchev–Trinajstić information content (AvgIpc) is 2.51. The molecule has 3 heteroatoms. The summed E-state index contributed by atoms with van der Waals surface area (Å²) in [6.07, 6.45) is 1.02. The van der Waals surface area contributed by atoms with Crippen molar-refractivity contribution in [1.82, 2.24) is 10.3 Å². The van der Waals surface area contributed by atoms with Crippen molar-refractivity contribution < 1.29 is 4.79 Å². The summed E-state index contributed by atoms with van der Waals surface area (Å²) < 4.78 is 0. The standard InChI is InChI=1S/C11H18N2O/c1-8(2)6-7-12-11(14)10-5-4-9(3)13-10/h4-5,8,13H,6-7H2,1-3H3,(H,12,14). The van der Waals surface area contributed by atoms with E-state index in [1.165, 1.54) is 0 Å². The van der Waals surface area contributed by atoms with E-state index in [9.17, 15) is 4.79 Å². The van der Waals surface area contributed by atoms with E-state index in [2.05, 4.69) is 24.1 Å². The fourth-order valence-electron chi connectivity index (χ4n) is 1.21. The summed E-state index contributed by atoms with van der Waals surface area (Å²) in [6, 6.07) is 3.71. The van der Waals surface area contributed by atoms with E-state index < -0.39 is 0 Å². The van der Waals surface area contributed by atoms with Crippen molar-refractivity contribution in [3.8, 4) is 0 Å². The van der Waals surface area contributed by atoms with Gasteiger partial charge in [-0.25, -0.2) is 0 Å². The van der Waals surface area contributed by atoms with Gasteiger partial charge in [-0.1, -0.05) is 13.8 Å². The van der Waals surface area contributed by atoms with Crippen molar-refractivity contribution in [2.45, 2.75) is 27.2 Å². The Bertz CT molecular complexity index is 302. The summed E-state index contributed by atoms with van der Waals surface area (Å²) in [5.74, 6) is 0.611. The van der Waals surface area contributed by atoms with Crippen LogP contribution in [0.25, 0.3) is 0 Å². The summed E-state index contributed by atoms with van der Waals surface area (Å²) in [6.45, 7) is 6.97. The van der Waals surface area contributed by atoms with E-state index in [-0.39, 0.29) is 5.91 Å². The van der Waals surface area contributed by atoms with Gasteiger partial charge in [0.05, 0.1) is 0 Å². The summed E-state index contributed by atoms with van der Waals surface area (Å²) >= 11 is 0. The fraction of sp³-hybridized carbons (Fsp3) is 0.545. The Balaban J connectivity index is 2.36. The number of amides is 1. The third-order valence-corrected chi connectivity index (χ3v) is 2.08. The lowest BCUT2D eigenvalue weighted by Crippen LogP contribution is -2.25. The Morgan fingerprint density at radius 1 is 1.50 bits per heavy atom. The second-order valence-corrected chi connectivity index (χ2v) is 3.99. The molecule has 1 aromatic rings. The van der Waals surface area contributed by atoms with Gasteiger partial charge in [-0.2, -0.15) is 0 Å². The molecule has 0 bridgehead atoms. The molecule has 0 saturated carbocycles. The monoisotopic (exact) mass is 194 g/mol. The lowest BCUT2D eigenvalue weighted by atomic mass is 10.1. The molecular weight excluding hydrogens is 176 g/mol. The molecule has 0 aliphatic heterocycles. The molecule has 1 aromatic heterocycles. The number of rotatable bonds is 4. The number of aromatic nitrogens is 1. The highest BCUT2D eigenvalue weighted by atomic mass is 16.1. The molecule has 2 N–H and O–H groups in total. The van der Waals surface area contributed by atoms with Crippen LogP contribution in [0.3, 0.4) is 0 Å². The van der Waals surface area contributed by atoms with Crippen molar-refractivity contribution >= 4 is 5.91 Å². The number of nitrogens with one attached hydrogen (secondary N) is 2. The summed E-state index contributed by atoms with van der Waals surface area (Å²) in [5.41, 5.74) is 1.66. The zero-order valence-electron chi connectivity index (χ0n) is 9.05. The number of hydrogen-bond donors (Lipinski definition) is 2. The highest BCUT2D eigenvalue weighted by molar-refractivity contribution is 5.92. The highest BCUT2D eigenvalue weighted by Gasteiger charge is 2.05. The first-order valence-corrected chi connectivity index (χ1v) is 5.03. The molecule has 14 heavy (non-hydrogen) atoms. The SMILES string of the molecule is Cc1ccc(C(=O)NCCC(C)C)[nH]1. The van der Waals surface area contributed by atoms with Crippen LogP contribution in [0.5, 0.6) is 0 Å². The van der Waals surface area contributed by atoms with Crippen LogP contribution in [0.4, 0.5) is 0 Å². The molecule has 1 rings (SSSR count). The molecule has 0 fully saturated rings. The maximum atomic E-state index is 11.5. The summed E-state index contributed by atoms with van der Waals surface area (Å²) in [4.78, 5) is 14.5. The first-order chi connectivity index (χ1) is 6.59. The third kappa shape index (κ3) is 3.24. The van der Waals surface area contributed by atoms with Crippen LogP contribution in [0.1, 0.15) is 36.5 Å². The van der Waals surface area contributed by atoms with Gasteiger partial charge in [-0.3, -0.25) is 4.79 Å². The van der Waals surface area contributed by atoms with Gasteiger partial charge < -0.3 is 10.3 Å². The van der Waals surface area contributed by atoms with Gasteiger partial charge >= 0.3 is 0 Å². The average molecular weight is 194 g/mol. The molecular formula is C11H18N2O. The Hall–Kier alpha value is -1.25. The van der Waals surface area contributed by atoms with Crippen LogP contribution in [-0.4, -0.2) is 17.4 Å². The molecule has 0 radical (unpaired) electrons. The van der Waals surface area contributed by atoms with Crippen molar-refractivity contribution in [2.24, 2.45) is 5.92 Å². The number of carbonyl (C=O) groups excluding carboxylic acids is 1. The molecule has 3 nitrogen and oxygen atoms in total. The van der Waals surface area contributed by atoms with E-state index >= 15 is 0 Å². The predicted molar refractivity (Wildman–Crippen MR) is 57.3 cm³/mol. The van der Waals surface area contributed by atoms with E-state index in [1.54, 1.807) is 6.07 Å². The highest BCUT2D eigenvalue weighted by Crippen LogP contribution is 2.01. The molecule has 0 aliphatic carbocycles. The predicted octanol–water partition coefficient (Wildman–Crippen LogP) is 2.10. The Kier molecular flexibility index (Phi) is 3.74. The quantitative estimate of drug-likeness (QED) is 0.757. The second kappa shape index (κ2) is 4.84. The van der Waals surface area contributed by atoms with Crippen LogP contribution in [0.2, 0.25) is 0 Å². The third-order valence-electron chi connectivity index (χ3n) is 2.08. The minimum atomic E-state index is -0.0150. The zero-order chi connectivity index (χ0) is 10.6. The lowest BCUT2D eigenvalue weighted by molar-refractivity contribution is 0.0947. The van der Waals surface area contributed by atoms with Crippen LogP contribution in [0.15, 0.2) is 12.1 Å². The van der Waals surface area contributed by atoms with E-state index in [1.807, 2.05) is 13.0 Å². The Morgan fingerprint density at radius 3 is 2.71 bits per heavy atom. The Morgan fingerprint density at radius 2 is 2.21 bits per heavy atom. The first-order valence-electron chi connectivity index (χ1n) is 5.03. The minimum absolute atomic E-state index is 0.0150. The van der Waals surface area contributed by atoms with Crippen molar-refractivity contribution in [3.05, 3.63) is 23.5 Å². The fourth-order valence-corrected chi connectivity index (χ4v) is 1.21. The second-order valence-electron chi connectivity index (χ2n) is 3.99. The topological polar surface area (TPSA) is 44.9 Å². The molecule has 0 aromatic carbocycles. The molecule has 0 saturated heterocycles. The van der Waals surface area contributed by atoms with Gasteiger partial charge in [0.1, 0.15) is 5.69 Å². The molecule has 0 aliphatic rings. The number of H-pyrrole nitrogens is 1. The molecule has 1 amide bonds. The largest absolute Gasteiger partial charge is 0.355 e. The van der Waals surface area contributed by atoms with Gasteiger partial charge in [0, 0.05) is 12.2 Å². The lowest BCUT2D eigenvalue weighted by Gasteiger charge is -2.05. The number of carbonyl (C=O) groups is 1. The maximum absolute atomic E-state index is 11.5. The maximum Gasteiger partial charge on any atom is 0.267 e. The number of aryl methyl sites for hydroxylation is 1. The normalized spacial score (nSPS) is 10.6. The first kappa shape index (κ1) is 10.8. The number of aromatic amines is 1. The molecule has 78 valence electrons. The van der Waals surface area contributed by atoms with Crippen LogP contribution in [0, 0.1) is 12.8 Å². The zero-order valence-corrected chi connectivity index (χ0v) is 9.05. The van der Waals surface area contributed by atoms with E-state index in [0.29, 0.717) is 11.6 Å². The van der Waals surface area contributed by atoms with Crippen molar-refractivity contribution in [3.63, 3.8) is 0 Å². The van der Waals surface area contributed by atoms with Crippen LogP contribution >= 0.6 is 0 Å². The van der Waals surface area contributed by atoms with Crippen LogP contribution in [-0.2, 0) is 0 Å². The molecule has 0 spiro atoms. The molecule has 1 heterocycles. The van der Waals surface area contributed by atoms with Gasteiger partial charge in [-0.15, -0.1) is 0 Å². The smallest absolute Gasteiger partial charge is 0.267 e. The molecule has 0 atom stereocenters. The molecule has 0 unspecified atom stereocenters. The summed E-state index contributed by atoms with van der Waals surface area (Å²) in [5, 5.41) is 2.87. The van der Waals surface area contributed by atoms with Gasteiger partial charge in [-0.05, 0) is 31.4 Å². The number of hydrogen-bond acceptors (Lipinski definition) is 1. The van der Waals surface area contributed by atoms with Gasteiger partial charge in [0.15, 0.2) is 0 Å². The van der Waals surface area contributed by atoms with E-state index in [0.717, 1.165) is 18.7 Å². The van der Waals surface area contributed by atoms with Gasteiger partial charge in [0.2, 0.25) is 0 Å².